The van der Waals surface area contributed by atoms with E-state index in [0.717, 1.165) is 35.6 Å². The van der Waals surface area contributed by atoms with E-state index in [4.69, 9.17) is 21.1 Å². The number of ether oxygens (including phenoxy) is 2. The molecule has 2 aromatic carbocycles. The number of nitrogens with one attached hydrogen (secondary N) is 2. The van der Waals surface area contributed by atoms with Crippen molar-refractivity contribution >= 4 is 17.5 Å². The van der Waals surface area contributed by atoms with Crippen molar-refractivity contribution in [2.24, 2.45) is 0 Å². The van der Waals surface area contributed by atoms with E-state index in [1.807, 2.05) is 42.5 Å². The standard InChI is InChI=1S/C20H25ClN2O3/c1-25-18-8-7-15(13-19(18)26-2)9-11-22-12-10-20(24)23-14-16-5-3-4-6-17(16)21/h3-8,13,22H,9-12,14H2,1-2H3,(H,23,24). The van der Waals surface area contributed by atoms with Crippen LogP contribution in [-0.4, -0.2) is 33.2 Å². The van der Waals surface area contributed by atoms with E-state index in [9.17, 15) is 4.79 Å². The zero-order valence-electron chi connectivity index (χ0n) is 15.2. The van der Waals surface area contributed by atoms with E-state index in [-0.39, 0.29) is 5.91 Å². The molecular formula is C20H25ClN2O3. The van der Waals surface area contributed by atoms with E-state index in [1.54, 1.807) is 14.2 Å². The number of halogens is 1. The molecule has 2 aromatic rings. The Kier molecular flexibility index (Phi) is 8.25. The minimum atomic E-state index is 0.00327. The van der Waals surface area contributed by atoms with Gasteiger partial charge >= 0.3 is 0 Å². The van der Waals surface area contributed by atoms with Crippen molar-refractivity contribution in [1.29, 1.82) is 0 Å². The highest BCUT2D eigenvalue weighted by Crippen LogP contribution is 2.27. The predicted octanol–water partition coefficient (Wildman–Crippen LogP) is 3.20. The molecular weight excluding hydrogens is 352 g/mol. The van der Waals surface area contributed by atoms with E-state index < -0.39 is 0 Å². The monoisotopic (exact) mass is 376 g/mol. The lowest BCUT2D eigenvalue weighted by Gasteiger charge is -2.10. The summed E-state index contributed by atoms with van der Waals surface area (Å²) in [5, 5.41) is 6.83. The summed E-state index contributed by atoms with van der Waals surface area (Å²) in [5.74, 6) is 1.45. The Balaban J connectivity index is 1.64. The highest BCUT2D eigenvalue weighted by molar-refractivity contribution is 6.31. The van der Waals surface area contributed by atoms with Gasteiger partial charge in [-0.2, -0.15) is 0 Å². The Hall–Kier alpha value is -2.24. The van der Waals surface area contributed by atoms with Crippen molar-refractivity contribution in [3.63, 3.8) is 0 Å². The first-order valence-electron chi connectivity index (χ1n) is 8.55. The van der Waals surface area contributed by atoms with Gasteiger partial charge in [-0.25, -0.2) is 0 Å². The number of methoxy groups -OCH3 is 2. The molecule has 0 saturated carbocycles. The van der Waals surface area contributed by atoms with E-state index in [0.29, 0.717) is 24.5 Å². The highest BCUT2D eigenvalue weighted by Gasteiger charge is 2.05. The zero-order valence-corrected chi connectivity index (χ0v) is 15.9. The summed E-state index contributed by atoms with van der Waals surface area (Å²) < 4.78 is 10.5. The summed E-state index contributed by atoms with van der Waals surface area (Å²) in [6, 6.07) is 13.4. The summed E-state index contributed by atoms with van der Waals surface area (Å²) in [5.41, 5.74) is 2.07. The van der Waals surface area contributed by atoms with Crippen molar-refractivity contribution in [3.05, 3.63) is 58.6 Å². The first-order chi connectivity index (χ1) is 12.6. The van der Waals surface area contributed by atoms with Gasteiger partial charge in [-0.15, -0.1) is 0 Å². The quantitative estimate of drug-likeness (QED) is 0.625. The van der Waals surface area contributed by atoms with Crippen LogP contribution in [0.3, 0.4) is 0 Å². The molecule has 5 nitrogen and oxygen atoms in total. The Morgan fingerprint density at radius 3 is 2.54 bits per heavy atom. The van der Waals surface area contributed by atoms with Crippen molar-refractivity contribution < 1.29 is 14.3 Å². The van der Waals surface area contributed by atoms with Crippen LogP contribution < -0.4 is 20.1 Å². The minimum absolute atomic E-state index is 0.00327. The molecule has 0 aromatic heterocycles. The van der Waals surface area contributed by atoms with Crippen molar-refractivity contribution in [2.75, 3.05) is 27.3 Å². The van der Waals surface area contributed by atoms with Gasteiger partial charge in [0.2, 0.25) is 5.91 Å². The summed E-state index contributed by atoms with van der Waals surface area (Å²) in [7, 11) is 3.25. The fourth-order valence-corrected chi connectivity index (χ4v) is 2.72. The lowest BCUT2D eigenvalue weighted by Crippen LogP contribution is -2.28. The fourth-order valence-electron chi connectivity index (χ4n) is 2.52. The Morgan fingerprint density at radius 1 is 1.04 bits per heavy atom. The first-order valence-corrected chi connectivity index (χ1v) is 8.93. The van der Waals surface area contributed by atoms with Gasteiger partial charge in [-0.05, 0) is 42.3 Å². The SMILES string of the molecule is COc1ccc(CCNCCC(=O)NCc2ccccc2Cl)cc1OC. The average Bonchev–Trinajstić information content (AvgIpc) is 2.66. The minimum Gasteiger partial charge on any atom is -0.493 e. The third kappa shape index (κ3) is 6.24. The topological polar surface area (TPSA) is 59.6 Å². The maximum Gasteiger partial charge on any atom is 0.221 e. The third-order valence-electron chi connectivity index (χ3n) is 4.00. The molecule has 26 heavy (non-hydrogen) atoms. The van der Waals surface area contributed by atoms with Crippen LogP contribution in [0.2, 0.25) is 5.02 Å². The third-order valence-corrected chi connectivity index (χ3v) is 4.37. The number of amides is 1. The molecule has 140 valence electrons. The smallest absolute Gasteiger partial charge is 0.221 e. The van der Waals surface area contributed by atoms with Gasteiger partial charge < -0.3 is 20.1 Å². The molecule has 0 unspecified atom stereocenters. The lowest BCUT2D eigenvalue weighted by molar-refractivity contribution is -0.121. The largest absolute Gasteiger partial charge is 0.493 e. The molecule has 0 bridgehead atoms. The summed E-state index contributed by atoms with van der Waals surface area (Å²) in [6.07, 6.45) is 1.28. The first kappa shape index (κ1) is 20.1. The number of rotatable bonds is 10. The molecule has 0 heterocycles. The number of carbonyl (C=O) groups is 1. The average molecular weight is 377 g/mol. The van der Waals surface area contributed by atoms with Gasteiger partial charge in [-0.1, -0.05) is 35.9 Å². The van der Waals surface area contributed by atoms with Crippen LogP contribution in [0, 0.1) is 0 Å². The molecule has 0 aliphatic heterocycles. The van der Waals surface area contributed by atoms with Crippen molar-refractivity contribution in [2.45, 2.75) is 19.4 Å². The summed E-state index contributed by atoms with van der Waals surface area (Å²) >= 11 is 6.07. The van der Waals surface area contributed by atoms with E-state index in [2.05, 4.69) is 10.6 Å². The Morgan fingerprint density at radius 2 is 1.81 bits per heavy atom. The predicted molar refractivity (Wildman–Crippen MR) is 104 cm³/mol. The van der Waals surface area contributed by atoms with E-state index in [1.165, 1.54) is 0 Å². The number of hydrogen-bond acceptors (Lipinski definition) is 4. The molecule has 0 saturated heterocycles. The molecule has 0 spiro atoms. The number of carbonyl (C=O) groups excluding carboxylic acids is 1. The Bertz CT molecular complexity index is 722. The lowest BCUT2D eigenvalue weighted by atomic mass is 10.1. The molecule has 2 N–H and O–H groups in total. The second-order valence-corrected chi connectivity index (χ2v) is 6.21. The van der Waals surface area contributed by atoms with Crippen LogP contribution in [0.25, 0.3) is 0 Å². The molecule has 0 aliphatic carbocycles. The van der Waals surface area contributed by atoms with Crippen molar-refractivity contribution in [3.8, 4) is 11.5 Å². The number of hydrogen-bond donors (Lipinski definition) is 2. The van der Waals surface area contributed by atoms with Gasteiger partial charge in [0.1, 0.15) is 0 Å². The van der Waals surface area contributed by atoms with Gasteiger partial charge in [-0.3, -0.25) is 4.79 Å². The zero-order chi connectivity index (χ0) is 18.8. The van der Waals surface area contributed by atoms with Crippen LogP contribution in [0.1, 0.15) is 17.5 Å². The molecule has 0 aliphatic rings. The maximum absolute atomic E-state index is 11.9. The second-order valence-electron chi connectivity index (χ2n) is 5.81. The summed E-state index contributed by atoms with van der Waals surface area (Å²) in [4.78, 5) is 11.9. The van der Waals surface area contributed by atoms with Crippen molar-refractivity contribution in [1.82, 2.24) is 10.6 Å². The molecule has 6 heteroatoms. The highest BCUT2D eigenvalue weighted by atomic mass is 35.5. The fraction of sp³-hybridized carbons (Fsp3) is 0.350. The van der Waals surface area contributed by atoms with Crippen LogP contribution in [-0.2, 0) is 17.8 Å². The van der Waals surface area contributed by atoms with Crippen LogP contribution in [0.15, 0.2) is 42.5 Å². The maximum atomic E-state index is 11.9. The van der Waals surface area contributed by atoms with Gasteiger partial charge in [0.15, 0.2) is 11.5 Å². The molecule has 2 rings (SSSR count). The van der Waals surface area contributed by atoms with Crippen LogP contribution in [0.5, 0.6) is 11.5 Å². The molecule has 0 radical (unpaired) electrons. The van der Waals surface area contributed by atoms with Gasteiger partial charge in [0.05, 0.1) is 14.2 Å². The number of benzene rings is 2. The van der Waals surface area contributed by atoms with Crippen LogP contribution >= 0.6 is 11.6 Å². The van der Waals surface area contributed by atoms with E-state index >= 15 is 0 Å². The van der Waals surface area contributed by atoms with Gasteiger partial charge in [0.25, 0.3) is 0 Å². The normalized spacial score (nSPS) is 10.4. The van der Waals surface area contributed by atoms with Crippen LogP contribution in [0.4, 0.5) is 0 Å². The van der Waals surface area contributed by atoms with Gasteiger partial charge in [0, 0.05) is 24.5 Å². The second kappa shape index (κ2) is 10.7. The molecule has 0 atom stereocenters. The molecule has 1 amide bonds. The Labute approximate surface area is 159 Å². The summed E-state index contributed by atoms with van der Waals surface area (Å²) in [6.45, 7) is 1.86. The molecule has 0 fully saturated rings.